The number of benzene rings is 2. The standard InChI is InChI=1S/C22H24N4O4/c1-4-25(5-2)21(29)14-7-10-16(11-8-14)23-19(27)15-9-12-18-17(13-15)24-20(28)22(30)26(18)6-3/h7-13H,4-6H2,1-3H3,(H,23,27)(H,24,28). The second-order valence-electron chi connectivity index (χ2n) is 6.74. The van der Waals surface area contributed by atoms with Crippen molar-refractivity contribution < 1.29 is 9.59 Å². The number of H-pyrrole nitrogens is 1. The lowest BCUT2D eigenvalue weighted by molar-refractivity contribution is 0.0773. The van der Waals surface area contributed by atoms with Crippen molar-refractivity contribution in [2.45, 2.75) is 27.3 Å². The first-order chi connectivity index (χ1) is 14.4. The molecule has 0 bridgehead atoms. The normalized spacial score (nSPS) is 10.8. The summed E-state index contributed by atoms with van der Waals surface area (Å²) in [6, 6.07) is 11.5. The van der Waals surface area contributed by atoms with Crippen LogP contribution in [0, 0.1) is 0 Å². The van der Waals surface area contributed by atoms with Crippen molar-refractivity contribution in [1.82, 2.24) is 14.5 Å². The van der Waals surface area contributed by atoms with E-state index in [1.54, 1.807) is 48.2 Å². The van der Waals surface area contributed by atoms with E-state index in [2.05, 4.69) is 10.3 Å². The van der Waals surface area contributed by atoms with Crippen LogP contribution in [0.5, 0.6) is 0 Å². The number of anilines is 1. The zero-order valence-electron chi connectivity index (χ0n) is 17.2. The van der Waals surface area contributed by atoms with Gasteiger partial charge in [-0.1, -0.05) is 0 Å². The van der Waals surface area contributed by atoms with E-state index in [-0.39, 0.29) is 11.8 Å². The van der Waals surface area contributed by atoms with Gasteiger partial charge in [-0.05, 0) is 63.2 Å². The van der Waals surface area contributed by atoms with E-state index in [1.165, 1.54) is 10.6 Å². The smallest absolute Gasteiger partial charge is 0.316 e. The molecule has 0 aliphatic rings. The van der Waals surface area contributed by atoms with E-state index in [9.17, 15) is 19.2 Å². The molecule has 2 aromatic carbocycles. The highest BCUT2D eigenvalue weighted by Gasteiger charge is 2.14. The fourth-order valence-electron chi connectivity index (χ4n) is 3.33. The summed E-state index contributed by atoms with van der Waals surface area (Å²) in [5, 5.41) is 2.78. The lowest BCUT2D eigenvalue weighted by atomic mass is 10.1. The molecule has 3 aromatic rings. The fraction of sp³-hybridized carbons (Fsp3) is 0.273. The maximum Gasteiger partial charge on any atom is 0.316 e. The number of nitrogens with one attached hydrogen (secondary N) is 2. The van der Waals surface area contributed by atoms with Gasteiger partial charge in [0.1, 0.15) is 0 Å². The number of carbonyl (C=O) groups excluding carboxylic acids is 2. The van der Waals surface area contributed by atoms with Gasteiger partial charge in [0, 0.05) is 36.4 Å². The van der Waals surface area contributed by atoms with E-state index in [4.69, 9.17) is 0 Å². The van der Waals surface area contributed by atoms with Crippen molar-refractivity contribution in [3.8, 4) is 0 Å². The monoisotopic (exact) mass is 408 g/mol. The van der Waals surface area contributed by atoms with Gasteiger partial charge < -0.3 is 19.8 Å². The van der Waals surface area contributed by atoms with Crippen molar-refractivity contribution in [2.75, 3.05) is 18.4 Å². The molecule has 8 heteroatoms. The van der Waals surface area contributed by atoms with Crippen LogP contribution in [0.2, 0.25) is 0 Å². The minimum Gasteiger partial charge on any atom is -0.339 e. The fourth-order valence-corrected chi connectivity index (χ4v) is 3.33. The Morgan fingerprint density at radius 3 is 2.20 bits per heavy atom. The van der Waals surface area contributed by atoms with Gasteiger partial charge in [-0.2, -0.15) is 0 Å². The van der Waals surface area contributed by atoms with Crippen LogP contribution in [-0.2, 0) is 6.54 Å². The van der Waals surface area contributed by atoms with Crippen molar-refractivity contribution in [3.05, 3.63) is 74.3 Å². The zero-order chi connectivity index (χ0) is 21.8. The second-order valence-corrected chi connectivity index (χ2v) is 6.74. The number of hydrogen-bond acceptors (Lipinski definition) is 4. The Morgan fingerprint density at radius 1 is 0.967 bits per heavy atom. The number of hydrogen-bond donors (Lipinski definition) is 2. The quantitative estimate of drug-likeness (QED) is 0.611. The number of fused-ring (bicyclic) bond motifs is 1. The maximum atomic E-state index is 12.6. The highest BCUT2D eigenvalue weighted by Crippen LogP contribution is 2.16. The molecule has 0 aliphatic heterocycles. The minimum atomic E-state index is -0.727. The van der Waals surface area contributed by atoms with E-state index in [1.807, 2.05) is 13.8 Å². The molecule has 1 heterocycles. The third kappa shape index (κ3) is 4.03. The third-order valence-electron chi connectivity index (χ3n) is 4.99. The van der Waals surface area contributed by atoms with Gasteiger partial charge in [0.25, 0.3) is 11.8 Å². The summed E-state index contributed by atoms with van der Waals surface area (Å²) in [6.07, 6.45) is 0. The largest absolute Gasteiger partial charge is 0.339 e. The average molecular weight is 408 g/mol. The van der Waals surface area contributed by atoms with Crippen molar-refractivity contribution in [3.63, 3.8) is 0 Å². The van der Waals surface area contributed by atoms with Gasteiger partial charge >= 0.3 is 11.1 Å². The van der Waals surface area contributed by atoms with Crippen LogP contribution < -0.4 is 16.4 Å². The molecule has 156 valence electrons. The number of carbonyl (C=O) groups is 2. The summed E-state index contributed by atoms with van der Waals surface area (Å²) in [5.41, 5.74) is 1.05. The molecule has 2 amide bonds. The third-order valence-corrected chi connectivity index (χ3v) is 4.99. The highest BCUT2D eigenvalue weighted by molar-refractivity contribution is 6.06. The molecule has 0 fully saturated rings. The number of amides is 2. The molecule has 0 unspecified atom stereocenters. The Balaban J connectivity index is 1.83. The highest BCUT2D eigenvalue weighted by atomic mass is 16.2. The molecule has 3 rings (SSSR count). The van der Waals surface area contributed by atoms with Gasteiger partial charge in [0.15, 0.2) is 0 Å². The molecule has 8 nitrogen and oxygen atoms in total. The number of aryl methyl sites for hydroxylation is 1. The first-order valence-corrected chi connectivity index (χ1v) is 9.87. The lowest BCUT2D eigenvalue weighted by Crippen LogP contribution is -2.36. The second kappa shape index (κ2) is 8.77. The van der Waals surface area contributed by atoms with Gasteiger partial charge in [-0.15, -0.1) is 0 Å². The SMILES string of the molecule is CCN(CC)C(=O)c1ccc(NC(=O)c2ccc3c(c2)[nH]c(=O)c(=O)n3CC)cc1. The Kier molecular flexibility index (Phi) is 6.15. The van der Waals surface area contributed by atoms with Crippen LogP contribution >= 0.6 is 0 Å². The summed E-state index contributed by atoms with van der Waals surface area (Å²) >= 11 is 0. The molecule has 0 saturated heterocycles. The number of aromatic nitrogens is 2. The molecule has 0 aliphatic carbocycles. The van der Waals surface area contributed by atoms with Crippen LogP contribution in [-0.4, -0.2) is 39.4 Å². The summed E-state index contributed by atoms with van der Waals surface area (Å²) in [4.78, 5) is 53.0. The van der Waals surface area contributed by atoms with Gasteiger partial charge in [0.05, 0.1) is 11.0 Å². The molecule has 0 spiro atoms. The van der Waals surface area contributed by atoms with Crippen LogP contribution in [0.3, 0.4) is 0 Å². The summed E-state index contributed by atoms with van der Waals surface area (Å²) in [7, 11) is 0. The first-order valence-electron chi connectivity index (χ1n) is 9.87. The Bertz CT molecular complexity index is 1200. The number of aromatic amines is 1. The Hall–Kier alpha value is -3.68. The van der Waals surface area contributed by atoms with Crippen LogP contribution in [0.25, 0.3) is 11.0 Å². The molecule has 1 aromatic heterocycles. The number of nitrogens with zero attached hydrogens (tertiary/aromatic N) is 2. The van der Waals surface area contributed by atoms with E-state index in [0.717, 1.165) is 0 Å². The predicted molar refractivity (Wildman–Crippen MR) is 116 cm³/mol. The lowest BCUT2D eigenvalue weighted by Gasteiger charge is -2.18. The molecule has 0 radical (unpaired) electrons. The van der Waals surface area contributed by atoms with Crippen molar-refractivity contribution in [1.29, 1.82) is 0 Å². The van der Waals surface area contributed by atoms with Crippen LogP contribution in [0.1, 0.15) is 41.5 Å². The maximum absolute atomic E-state index is 12.6. The van der Waals surface area contributed by atoms with Gasteiger partial charge in [-0.25, -0.2) is 0 Å². The Morgan fingerprint density at radius 2 is 1.60 bits per heavy atom. The summed E-state index contributed by atoms with van der Waals surface area (Å²) in [5.74, 6) is -0.423. The van der Waals surface area contributed by atoms with E-state index in [0.29, 0.717) is 47.5 Å². The molecule has 0 saturated carbocycles. The average Bonchev–Trinajstić information content (AvgIpc) is 2.75. The molecule has 2 N–H and O–H groups in total. The van der Waals surface area contributed by atoms with E-state index >= 15 is 0 Å². The molecule has 0 atom stereocenters. The molecular formula is C22H24N4O4. The van der Waals surface area contributed by atoms with Gasteiger partial charge in [0.2, 0.25) is 0 Å². The topological polar surface area (TPSA) is 104 Å². The van der Waals surface area contributed by atoms with Gasteiger partial charge in [-0.3, -0.25) is 19.2 Å². The first kappa shape index (κ1) is 21.0. The predicted octanol–water partition coefficient (Wildman–Crippen LogP) is 2.44. The molecule has 30 heavy (non-hydrogen) atoms. The van der Waals surface area contributed by atoms with Crippen molar-refractivity contribution >= 4 is 28.5 Å². The molecular weight excluding hydrogens is 384 g/mol. The summed E-state index contributed by atoms with van der Waals surface area (Å²) in [6.45, 7) is 7.23. The zero-order valence-corrected chi connectivity index (χ0v) is 17.2. The van der Waals surface area contributed by atoms with Crippen LogP contribution in [0.15, 0.2) is 52.1 Å². The number of rotatable bonds is 6. The van der Waals surface area contributed by atoms with E-state index < -0.39 is 11.1 Å². The Labute approximate surface area is 173 Å². The summed E-state index contributed by atoms with van der Waals surface area (Å²) < 4.78 is 1.36. The van der Waals surface area contributed by atoms with Crippen molar-refractivity contribution in [2.24, 2.45) is 0 Å². The van der Waals surface area contributed by atoms with Crippen LogP contribution in [0.4, 0.5) is 5.69 Å². The minimum absolute atomic E-state index is 0.0571.